The molecule has 0 saturated heterocycles. The fraction of sp³-hybridized carbons (Fsp3) is 0.600. The second-order valence-electron chi connectivity index (χ2n) is 4.01. The fourth-order valence-corrected chi connectivity index (χ4v) is 1.51. The highest BCUT2D eigenvalue weighted by Gasteiger charge is 2.30. The van der Waals surface area contributed by atoms with Crippen molar-refractivity contribution in [2.75, 3.05) is 7.11 Å². The minimum atomic E-state index is -0.350. The molecule has 0 aromatic carbocycles. The van der Waals surface area contributed by atoms with E-state index in [0.29, 0.717) is 12.0 Å². The molecule has 3 nitrogen and oxygen atoms in total. The molecular weight excluding hydrogens is 168 g/mol. The Morgan fingerprint density at radius 2 is 2.23 bits per heavy atom. The Labute approximate surface area is 77.8 Å². The molecule has 3 heteroatoms. The number of esters is 1. The molecule has 72 valence electrons. The highest BCUT2D eigenvalue weighted by Crippen LogP contribution is 2.33. The summed E-state index contributed by atoms with van der Waals surface area (Å²) < 4.78 is 4.50. The van der Waals surface area contributed by atoms with E-state index in [2.05, 4.69) is 4.74 Å². The van der Waals surface area contributed by atoms with Gasteiger partial charge in [-0.2, -0.15) is 0 Å². The van der Waals surface area contributed by atoms with Crippen LogP contribution in [0.15, 0.2) is 11.6 Å². The van der Waals surface area contributed by atoms with Crippen molar-refractivity contribution >= 4 is 11.8 Å². The predicted molar refractivity (Wildman–Crippen MR) is 48.1 cm³/mol. The van der Waals surface area contributed by atoms with Gasteiger partial charge in [0.25, 0.3) is 0 Å². The molecule has 1 aliphatic carbocycles. The molecule has 13 heavy (non-hydrogen) atoms. The number of hydrogen-bond donors (Lipinski definition) is 0. The second-order valence-corrected chi connectivity index (χ2v) is 4.01. The molecule has 0 spiro atoms. The highest BCUT2D eigenvalue weighted by molar-refractivity contribution is 6.01. The van der Waals surface area contributed by atoms with Crippen molar-refractivity contribution in [3.05, 3.63) is 11.6 Å². The summed E-state index contributed by atoms with van der Waals surface area (Å²) in [6.07, 6.45) is 2.48. The van der Waals surface area contributed by atoms with Crippen molar-refractivity contribution in [3.63, 3.8) is 0 Å². The lowest BCUT2D eigenvalue weighted by molar-refractivity contribution is -0.140. The molecule has 0 N–H and O–H groups in total. The third-order valence-corrected chi connectivity index (χ3v) is 2.10. The van der Waals surface area contributed by atoms with Gasteiger partial charge < -0.3 is 4.74 Å². The van der Waals surface area contributed by atoms with Crippen LogP contribution < -0.4 is 0 Å². The monoisotopic (exact) mass is 182 g/mol. The molecule has 0 aromatic heterocycles. The fourth-order valence-electron chi connectivity index (χ4n) is 1.51. The molecule has 0 fully saturated rings. The van der Waals surface area contributed by atoms with Crippen molar-refractivity contribution < 1.29 is 14.3 Å². The first-order chi connectivity index (χ1) is 5.94. The number of rotatable bonds is 2. The first-order valence-electron chi connectivity index (χ1n) is 4.26. The number of ketones is 1. The minimum absolute atomic E-state index is 0.0652. The number of allylic oxidation sites excluding steroid dienone is 1. The number of ether oxygens (including phenoxy) is 1. The normalized spacial score (nSPS) is 19.9. The molecule has 1 rings (SSSR count). The molecule has 0 unspecified atom stereocenters. The third kappa shape index (κ3) is 2.41. The summed E-state index contributed by atoms with van der Waals surface area (Å²) in [6.45, 7) is 3.96. The van der Waals surface area contributed by atoms with Crippen LogP contribution in [0.3, 0.4) is 0 Å². The second kappa shape index (κ2) is 3.32. The van der Waals surface area contributed by atoms with Crippen LogP contribution in [0.1, 0.15) is 26.7 Å². The number of hydrogen-bond acceptors (Lipinski definition) is 3. The van der Waals surface area contributed by atoms with Gasteiger partial charge in [0, 0.05) is 12.0 Å². The molecule has 0 heterocycles. The van der Waals surface area contributed by atoms with E-state index in [0.717, 1.165) is 0 Å². The Hall–Kier alpha value is -1.12. The van der Waals surface area contributed by atoms with E-state index in [1.807, 2.05) is 19.9 Å². The van der Waals surface area contributed by atoms with Crippen molar-refractivity contribution in [2.45, 2.75) is 26.7 Å². The SMILES string of the molecule is COC(=O)CC1=CC(C)(C)CC1=O. The molecule has 0 amide bonds. The summed E-state index contributed by atoms with van der Waals surface area (Å²) in [5.74, 6) is -0.285. The summed E-state index contributed by atoms with van der Waals surface area (Å²) in [6, 6.07) is 0. The van der Waals surface area contributed by atoms with Gasteiger partial charge in [-0.15, -0.1) is 0 Å². The number of carbonyl (C=O) groups excluding carboxylic acids is 2. The first-order valence-corrected chi connectivity index (χ1v) is 4.26. The Balaban J connectivity index is 2.70. The molecular formula is C10H14O3. The molecule has 1 aliphatic rings. The van der Waals surface area contributed by atoms with E-state index in [1.54, 1.807) is 0 Å². The van der Waals surface area contributed by atoms with E-state index >= 15 is 0 Å². The Morgan fingerprint density at radius 3 is 2.62 bits per heavy atom. The van der Waals surface area contributed by atoms with Crippen LogP contribution in [0.4, 0.5) is 0 Å². The van der Waals surface area contributed by atoms with Crippen molar-refractivity contribution in [1.29, 1.82) is 0 Å². The Kier molecular flexibility index (Phi) is 2.55. The first kappa shape index (κ1) is 9.96. The van der Waals surface area contributed by atoms with Crippen molar-refractivity contribution in [3.8, 4) is 0 Å². The lowest BCUT2D eigenvalue weighted by atomic mass is 9.93. The maximum atomic E-state index is 11.4. The topological polar surface area (TPSA) is 43.4 Å². The highest BCUT2D eigenvalue weighted by atomic mass is 16.5. The zero-order valence-corrected chi connectivity index (χ0v) is 8.22. The van der Waals surface area contributed by atoms with Gasteiger partial charge >= 0.3 is 5.97 Å². The van der Waals surface area contributed by atoms with E-state index < -0.39 is 0 Å². The smallest absolute Gasteiger partial charge is 0.310 e. The Bertz CT molecular complexity index is 274. The van der Waals surface area contributed by atoms with Crippen LogP contribution in [0.2, 0.25) is 0 Å². The molecule has 0 atom stereocenters. The van der Waals surface area contributed by atoms with Crippen molar-refractivity contribution in [2.24, 2.45) is 5.41 Å². The standard InChI is InChI=1S/C10H14O3/c1-10(2)5-7(8(11)6-10)4-9(12)13-3/h5H,4,6H2,1-3H3. The number of Topliss-reactive ketones (excluding diaryl/α,β-unsaturated/α-hetero) is 1. The largest absolute Gasteiger partial charge is 0.469 e. The zero-order chi connectivity index (χ0) is 10.1. The zero-order valence-electron chi connectivity index (χ0n) is 8.22. The van der Waals surface area contributed by atoms with Gasteiger partial charge in [-0.05, 0) is 5.41 Å². The lowest BCUT2D eigenvalue weighted by Crippen LogP contribution is -2.07. The average molecular weight is 182 g/mol. The van der Waals surface area contributed by atoms with Crippen LogP contribution in [0.5, 0.6) is 0 Å². The van der Waals surface area contributed by atoms with Crippen molar-refractivity contribution in [1.82, 2.24) is 0 Å². The molecule has 0 aromatic rings. The summed E-state index contributed by atoms with van der Waals surface area (Å²) in [5, 5.41) is 0. The predicted octanol–water partition coefficient (Wildman–Crippen LogP) is 1.47. The van der Waals surface area contributed by atoms with Gasteiger partial charge in [-0.3, -0.25) is 9.59 Å². The van der Waals surface area contributed by atoms with Gasteiger partial charge in [0.05, 0.1) is 13.5 Å². The molecule has 0 radical (unpaired) electrons. The summed E-state index contributed by atoms with van der Waals surface area (Å²) >= 11 is 0. The minimum Gasteiger partial charge on any atom is -0.469 e. The van der Waals surface area contributed by atoms with E-state index in [9.17, 15) is 9.59 Å². The molecule has 0 saturated carbocycles. The lowest BCUT2D eigenvalue weighted by Gasteiger charge is -2.10. The third-order valence-electron chi connectivity index (χ3n) is 2.10. The van der Waals surface area contributed by atoms with Gasteiger partial charge in [0.15, 0.2) is 5.78 Å². The quantitative estimate of drug-likeness (QED) is 0.607. The summed E-state index contributed by atoms with van der Waals surface area (Å²) in [4.78, 5) is 22.3. The van der Waals surface area contributed by atoms with Gasteiger partial charge in [0.2, 0.25) is 0 Å². The average Bonchev–Trinajstić information content (AvgIpc) is 2.24. The van der Waals surface area contributed by atoms with Crippen LogP contribution in [-0.4, -0.2) is 18.9 Å². The number of methoxy groups -OCH3 is 1. The number of carbonyl (C=O) groups is 2. The molecule has 0 aliphatic heterocycles. The van der Waals surface area contributed by atoms with Gasteiger partial charge in [0.1, 0.15) is 0 Å². The Morgan fingerprint density at radius 1 is 1.62 bits per heavy atom. The van der Waals surface area contributed by atoms with E-state index in [-0.39, 0.29) is 23.6 Å². The summed E-state index contributed by atoms with van der Waals surface area (Å²) in [7, 11) is 1.33. The van der Waals surface area contributed by atoms with E-state index in [4.69, 9.17) is 0 Å². The van der Waals surface area contributed by atoms with Gasteiger partial charge in [-0.1, -0.05) is 19.9 Å². The van der Waals surface area contributed by atoms with Crippen LogP contribution in [-0.2, 0) is 14.3 Å². The van der Waals surface area contributed by atoms with Crippen LogP contribution in [0.25, 0.3) is 0 Å². The van der Waals surface area contributed by atoms with Crippen LogP contribution >= 0.6 is 0 Å². The maximum Gasteiger partial charge on any atom is 0.310 e. The van der Waals surface area contributed by atoms with Gasteiger partial charge in [-0.25, -0.2) is 0 Å². The van der Waals surface area contributed by atoms with E-state index in [1.165, 1.54) is 7.11 Å². The summed E-state index contributed by atoms with van der Waals surface area (Å²) in [5.41, 5.74) is 0.498. The van der Waals surface area contributed by atoms with Crippen LogP contribution in [0, 0.1) is 5.41 Å². The molecule has 0 bridgehead atoms. The maximum absolute atomic E-state index is 11.4.